The minimum atomic E-state index is -0.866. The second kappa shape index (κ2) is 13.9. The van der Waals surface area contributed by atoms with Gasteiger partial charge in [-0.25, -0.2) is 0 Å². The van der Waals surface area contributed by atoms with E-state index in [1.165, 1.54) is 0 Å². The van der Waals surface area contributed by atoms with Crippen molar-refractivity contribution >= 4 is 17.9 Å². The Hall–Kier alpha value is -1.71. The van der Waals surface area contributed by atoms with E-state index in [-0.39, 0.29) is 31.2 Å². The van der Waals surface area contributed by atoms with Crippen LogP contribution in [-0.2, 0) is 42.8 Å². The molecule has 33 heavy (non-hydrogen) atoms. The lowest BCUT2D eigenvalue weighted by Gasteiger charge is -2.34. The Kier molecular flexibility index (Phi) is 12.3. The second-order valence-electron chi connectivity index (χ2n) is 9.29. The molecule has 9 nitrogen and oxygen atoms in total. The summed E-state index contributed by atoms with van der Waals surface area (Å²) >= 11 is 0. The molecule has 0 bridgehead atoms. The molecule has 0 aliphatic heterocycles. The number of hydrogen-bond acceptors (Lipinski definition) is 9. The number of carbonyl (C=O) groups is 3. The predicted octanol–water partition coefficient (Wildman–Crippen LogP) is 3.96. The van der Waals surface area contributed by atoms with Crippen LogP contribution in [0, 0.1) is 17.8 Å². The van der Waals surface area contributed by atoms with Crippen LogP contribution in [0.4, 0.5) is 0 Å². The lowest BCUT2D eigenvalue weighted by Crippen LogP contribution is -2.42. The zero-order valence-corrected chi connectivity index (χ0v) is 21.5. The summed E-state index contributed by atoms with van der Waals surface area (Å²) in [5.74, 6) is -3.80. The van der Waals surface area contributed by atoms with Gasteiger partial charge in [0.05, 0.1) is 36.1 Å². The van der Waals surface area contributed by atoms with Crippen molar-refractivity contribution < 1.29 is 42.8 Å². The van der Waals surface area contributed by atoms with Crippen LogP contribution in [-0.4, -0.2) is 55.1 Å². The molecule has 1 fully saturated rings. The first-order chi connectivity index (χ1) is 15.3. The van der Waals surface area contributed by atoms with Gasteiger partial charge in [-0.05, 0) is 81.6 Å². The van der Waals surface area contributed by atoms with Gasteiger partial charge < -0.3 is 28.4 Å². The van der Waals surface area contributed by atoms with Gasteiger partial charge in [0.1, 0.15) is 0 Å². The molecule has 0 heterocycles. The molecule has 0 radical (unpaired) electrons. The van der Waals surface area contributed by atoms with E-state index in [0.717, 1.165) is 0 Å². The standard InChI is InChI=1S/C24H42O9/c1-13(2)28-16(7)31-22(25)19-10-11-20(23(26)32-17(8)29-14(3)4)21(12-19)24(27)33-18(9)30-15(5)6/h13-21H,10-12H2,1-9H3. The monoisotopic (exact) mass is 474 g/mol. The smallest absolute Gasteiger partial charge is 0.312 e. The number of carbonyl (C=O) groups excluding carboxylic acids is 3. The summed E-state index contributed by atoms with van der Waals surface area (Å²) in [7, 11) is 0. The summed E-state index contributed by atoms with van der Waals surface area (Å²) in [4.78, 5) is 38.5. The average Bonchev–Trinajstić information content (AvgIpc) is 2.65. The molecule has 0 aromatic rings. The molecule has 0 saturated heterocycles. The van der Waals surface area contributed by atoms with E-state index in [0.29, 0.717) is 6.42 Å². The molecule has 9 heteroatoms. The van der Waals surface area contributed by atoms with E-state index < -0.39 is 54.5 Å². The van der Waals surface area contributed by atoms with Crippen molar-refractivity contribution in [3.05, 3.63) is 0 Å². The fraction of sp³-hybridized carbons (Fsp3) is 0.875. The Morgan fingerprint density at radius 2 is 0.909 bits per heavy atom. The largest absolute Gasteiger partial charge is 0.436 e. The van der Waals surface area contributed by atoms with Crippen LogP contribution < -0.4 is 0 Å². The molecular weight excluding hydrogens is 432 g/mol. The molecule has 0 aromatic carbocycles. The maximum Gasteiger partial charge on any atom is 0.312 e. The van der Waals surface area contributed by atoms with Gasteiger partial charge in [-0.15, -0.1) is 0 Å². The van der Waals surface area contributed by atoms with E-state index in [1.54, 1.807) is 20.8 Å². The molecule has 1 rings (SSSR count). The maximum atomic E-state index is 13.0. The van der Waals surface area contributed by atoms with Gasteiger partial charge in [0.25, 0.3) is 0 Å². The lowest BCUT2D eigenvalue weighted by atomic mass is 9.74. The van der Waals surface area contributed by atoms with Gasteiger partial charge in [0.2, 0.25) is 0 Å². The van der Waals surface area contributed by atoms with Crippen molar-refractivity contribution in [3.8, 4) is 0 Å². The summed E-state index contributed by atoms with van der Waals surface area (Å²) < 4.78 is 32.7. The van der Waals surface area contributed by atoms with Gasteiger partial charge in [-0.1, -0.05) is 0 Å². The van der Waals surface area contributed by atoms with Crippen LogP contribution in [0.5, 0.6) is 0 Å². The van der Waals surface area contributed by atoms with Crippen LogP contribution >= 0.6 is 0 Å². The highest BCUT2D eigenvalue weighted by molar-refractivity contribution is 5.84. The molecule has 1 aliphatic rings. The van der Waals surface area contributed by atoms with E-state index in [9.17, 15) is 14.4 Å². The Bertz CT molecular complexity index is 631. The zero-order valence-electron chi connectivity index (χ0n) is 21.5. The van der Waals surface area contributed by atoms with Crippen LogP contribution in [0.2, 0.25) is 0 Å². The fourth-order valence-corrected chi connectivity index (χ4v) is 3.92. The normalized spacial score (nSPS) is 23.8. The van der Waals surface area contributed by atoms with Crippen LogP contribution in [0.25, 0.3) is 0 Å². The predicted molar refractivity (Wildman–Crippen MR) is 120 cm³/mol. The minimum absolute atomic E-state index is 0.0986. The lowest BCUT2D eigenvalue weighted by molar-refractivity contribution is -0.203. The third kappa shape index (κ3) is 10.8. The van der Waals surface area contributed by atoms with Crippen molar-refractivity contribution in [1.29, 1.82) is 0 Å². The zero-order chi connectivity index (χ0) is 25.3. The second-order valence-corrected chi connectivity index (χ2v) is 9.29. The fourth-order valence-electron chi connectivity index (χ4n) is 3.92. The Morgan fingerprint density at radius 3 is 1.30 bits per heavy atom. The van der Waals surface area contributed by atoms with Crippen LogP contribution in [0.1, 0.15) is 81.6 Å². The van der Waals surface area contributed by atoms with Crippen molar-refractivity contribution in [2.75, 3.05) is 0 Å². The van der Waals surface area contributed by atoms with Crippen molar-refractivity contribution in [3.63, 3.8) is 0 Å². The van der Waals surface area contributed by atoms with Crippen LogP contribution in [0.15, 0.2) is 0 Å². The molecule has 0 spiro atoms. The summed E-state index contributed by atoms with van der Waals surface area (Å²) in [6.45, 7) is 15.9. The summed E-state index contributed by atoms with van der Waals surface area (Å²) in [6.07, 6.45) is -1.84. The molecule has 6 unspecified atom stereocenters. The molecule has 0 amide bonds. The third-order valence-corrected chi connectivity index (χ3v) is 5.03. The molecule has 6 atom stereocenters. The highest BCUT2D eigenvalue weighted by atomic mass is 16.7. The first kappa shape index (κ1) is 29.3. The highest BCUT2D eigenvalue weighted by Gasteiger charge is 2.44. The van der Waals surface area contributed by atoms with Crippen LogP contribution in [0.3, 0.4) is 0 Å². The molecule has 1 saturated carbocycles. The van der Waals surface area contributed by atoms with E-state index in [2.05, 4.69) is 0 Å². The van der Waals surface area contributed by atoms with Gasteiger partial charge in [0, 0.05) is 0 Å². The average molecular weight is 475 g/mol. The van der Waals surface area contributed by atoms with Crippen molar-refractivity contribution in [2.45, 2.75) is 119 Å². The molecular formula is C24H42O9. The first-order valence-electron chi connectivity index (χ1n) is 11.9. The number of rotatable bonds is 12. The number of hydrogen-bond donors (Lipinski definition) is 0. The SMILES string of the molecule is CC(C)OC(C)OC(=O)C1CCC(C(=O)OC(C)OC(C)C)C(C(=O)OC(C)OC(C)C)C1. The first-order valence-corrected chi connectivity index (χ1v) is 11.9. The molecule has 192 valence electrons. The summed E-state index contributed by atoms with van der Waals surface area (Å²) in [5.41, 5.74) is 0. The van der Waals surface area contributed by atoms with E-state index in [1.807, 2.05) is 41.5 Å². The van der Waals surface area contributed by atoms with E-state index >= 15 is 0 Å². The highest BCUT2D eigenvalue weighted by Crippen LogP contribution is 2.37. The summed E-state index contributed by atoms with van der Waals surface area (Å²) in [6, 6.07) is 0. The van der Waals surface area contributed by atoms with Crippen molar-refractivity contribution in [1.82, 2.24) is 0 Å². The van der Waals surface area contributed by atoms with Gasteiger partial charge in [-0.2, -0.15) is 0 Å². The summed E-state index contributed by atoms with van der Waals surface area (Å²) in [5, 5.41) is 0. The van der Waals surface area contributed by atoms with E-state index in [4.69, 9.17) is 28.4 Å². The number of esters is 3. The quantitative estimate of drug-likeness (QED) is 0.236. The van der Waals surface area contributed by atoms with Gasteiger partial charge in [0.15, 0.2) is 18.9 Å². The van der Waals surface area contributed by atoms with Crippen molar-refractivity contribution in [2.24, 2.45) is 17.8 Å². The minimum Gasteiger partial charge on any atom is -0.436 e. The van der Waals surface area contributed by atoms with Gasteiger partial charge >= 0.3 is 17.9 Å². The number of ether oxygens (including phenoxy) is 6. The van der Waals surface area contributed by atoms with Gasteiger partial charge in [-0.3, -0.25) is 14.4 Å². The maximum absolute atomic E-state index is 13.0. The third-order valence-electron chi connectivity index (χ3n) is 5.03. The Morgan fingerprint density at radius 1 is 0.545 bits per heavy atom. The Balaban J connectivity index is 2.92. The Labute approximate surface area is 197 Å². The molecule has 0 N–H and O–H groups in total. The topological polar surface area (TPSA) is 107 Å². The molecule has 0 aromatic heterocycles. The molecule has 1 aliphatic carbocycles.